The molecule has 0 radical (unpaired) electrons. The fraction of sp³-hybridized carbons (Fsp3) is 0.167. The van der Waals surface area contributed by atoms with Crippen LogP contribution in [0.1, 0.15) is 27.2 Å². The number of carbonyl (C=O) groups is 1. The Balaban J connectivity index is 1.71. The van der Waals surface area contributed by atoms with Gasteiger partial charge in [-0.1, -0.05) is 48.0 Å². The number of anilines is 1. The predicted molar refractivity (Wildman–Crippen MR) is 126 cm³/mol. The van der Waals surface area contributed by atoms with Gasteiger partial charge in [0.1, 0.15) is 5.65 Å². The van der Waals surface area contributed by atoms with Gasteiger partial charge in [0.05, 0.1) is 16.6 Å². The number of pyridine rings is 1. The van der Waals surface area contributed by atoms with Crippen LogP contribution >= 0.6 is 11.6 Å². The first kappa shape index (κ1) is 21.5. The highest BCUT2D eigenvalue weighted by Gasteiger charge is 2.17. The number of aromatic nitrogens is 3. The minimum absolute atomic E-state index is 0.176. The molecule has 2 N–H and O–H groups in total. The number of nitrogens with zero attached hydrogens (tertiary/aromatic N) is 2. The molecule has 1 amide bonds. The Kier molecular flexibility index (Phi) is 5.92. The van der Waals surface area contributed by atoms with Gasteiger partial charge in [0.15, 0.2) is 0 Å². The SMILES string of the molecule is Cc1ccc(NC(=O)c2cc3c(=O)[nH]c(=O)n(CCc4ccccc4)c3nc2C)cc1Cl. The highest BCUT2D eigenvalue weighted by molar-refractivity contribution is 6.31. The molecule has 4 rings (SSSR count). The van der Waals surface area contributed by atoms with Crippen molar-refractivity contribution in [3.8, 4) is 0 Å². The standard InChI is InChI=1S/C24H21ClN4O3/c1-14-8-9-17(12-20(14)25)27-22(30)18-13-19-21(26-15(18)2)29(24(32)28-23(19)31)11-10-16-6-4-3-5-7-16/h3-9,12-13H,10-11H2,1-2H3,(H,27,30)(H,28,31,32). The van der Waals surface area contributed by atoms with Gasteiger partial charge in [0.2, 0.25) is 0 Å². The average Bonchev–Trinajstić information content (AvgIpc) is 2.76. The van der Waals surface area contributed by atoms with Gasteiger partial charge >= 0.3 is 5.69 Å². The highest BCUT2D eigenvalue weighted by atomic mass is 35.5. The molecule has 8 heteroatoms. The minimum Gasteiger partial charge on any atom is -0.322 e. The van der Waals surface area contributed by atoms with E-state index >= 15 is 0 Å². The molecule has 0 aliphatic carbocycles. The van der Waals surface area contributed by atoms with Crippen molar-refractivity contribution >= 4 is 34.2 Å². The van der Waals surface area contributed by atoms with Gasteiger partial charge in [-0.3, -0.25) is 19.1 Å². The van der Waals surface area contributed by atoms with E-state index in [1.54, 1.807) is 25.1 Å². The number of carbonyl (C=O) groups excluding carboxylic acids is 1. The normalized spacial score (nSPS) is 11.0. The number of amides is 1. The van der Waals surface area contributed by atoms with Crippen LogP contribution in [0, 0.1) is 13.8 Å². The van der Waals surface area contributed by atoms with Crippen LogP contribution in [0.5, 0.6) is 0 Å². The van der Waals surface area contributed by atoms with E-state index in [1.807, 2.05) is 37.3 Å². The number of H-pyrrole nitrogens is 1. The van der Waals surface area contributed by atoms with Gasteiger partial charge in [-0.05, 0) is 49.6 Å². The monoisotopic (exact) mass is 448 g/mol. The molecular formula is C24H21ClN4O3. The molecule has 4 aromatic rings. The summed E-state index contributed by atoms with van der Waals surface area (Å²) >= 11 is 6.14. The lowest BCUT2D eigenvalue weighted by Gasteiger charge is -2.12. The first-order valence-electron chi connectivity index (χ1n) is 10.1. The summed E-state index contributed by atoms with van der Waals surface area (Å²) in [4.78, 5) is 44.6. The number of hydrogen-bond donors (Lipinski definition) is 2. The zero-order valence-corrected chi connectivity index (χ0v) is 18.4. The third-order valence-corrected chi connectivity index (χ3v) is 5.71. The summed E-state index contributed by atoms with van der Waals surface area (Å²) in [5.74, 6) is -0.418. The number of fused-ring (bicyclic) bond motifs is 1. The Morgan fingerprint density at radius 2 is 1.84 bits per heavy atom. The second-order valence-corrected chi connectivity index (χ2v) is 7.96. The quantitative estimate of drug-likeness (QED) is 0.484. The van der Waals surface area contributed by atoms with E-state index in [0.717, 1.165) is 11.1 Å². The van der Waals surface area contributed by atoms with Crippen molar-refractivity contribution in [1.82, 2.24) is 14.5 Å². The average molecular weight is 449 g/mol. The third kappa shape index (κ3) is 4.33. The van der Waals surface area contributed by atoms with Crippen LogP contribution in [0.25, 0.3) is 11.0 Å². The second kappa shape index (κ2) is 8.80. The molecule has 0 atom stereocenters. The van der Waals surface area contributed by atoms with Gasteiger partial charge in [0.25, 0.3) is 11.5 Å². The van der Waals surface area contributed by atoms with Gasteiger partial charge in [-0.15, -0.1) is 0 Å². The van der Waals surface area contributed by atoms with Gasteiger partial charge in [-0.2, -0.15) is 0 Å². The van der Waals surface area contributed by atoms with Crippen molar-refractivity contribution in [2.45, 2.75) is 26.8 Å². The van der Waals surface area contributed by atoms with Crippen LogP contribution in [0.4, 0.5) is 5.69 Å². The summed E-state index contributed by atoms with van der Waals surface area (Å²) in [5, 5.41) is 3.49. The maximum Gasteiger partial charge on any atom is 0.330 e. The summed E-state index contributed by atoms with van der Waals surface area (Å²) in [7, 11) is 0. The minimum atomic E-state index is -0.583. The molecule has 0 saturated heterocycles. The molecule has 2 aromatic carbocycles. The molecule has 0 aliphatic rings. The van der Waals surface area contributed by atoms with Gasteiger partial charge in [0, 0.05) is 17.3 Å². The Hall–Kier alpha value is -3.71. The molecule has 7 nitrogen and oxygen atoms in total. The Morgan fingerprint density at radius 1 is 1.09 bits per heavy atom. The lowest BCUT2D eigenvalue weighted by atomic mass is 10.1. The summed E-state index contributed by atoms with van der Waals surface area (Å²) in [6.07, 6.45) is 0.596. The molecule has 2 aromatic heterocycles. The van der Waals surface area contributed by atoms with Crippen LogP contribution < -0.4 is 16.6 Å². The smallest absolute Gasteiger partial charge is 0.322 e. The Labute approximate surface area is 188 Å². The topological polar surface area (TPSA) is 96.9 Å². The van der Waals surface area contributed by atoms with Crippen molar-refractivity contribution in [2.24, 2.45) is 0 Å². The van der Waals surface area contributed by atoms with Gasteiger partial charge in [-0.25, -0.2) is 9.78 Å². The predicted octanol–water partition coefficient (Wildman–Crippen LogP) is 3.85. The number of halogens is 1. The molecule has 0 spiro atoms. The van der Waals surface area contributed by atoms with Crippen molar-refractivity contribution in [3.63, 3.8) is 0 Å². The Bertz CT molecular complexity index is 1440. The molecule has 162 valence electrons. The van der Waals surface area contributed by atoms with Crippen LogP contribution in [-0.4, -0.2) is 20.4 Å². The van der Waals surface area contributed by atoms with E-state index in [4.69, 9.17) is 11.6 Å². The van der Waals surface area contributed by atoms with Gasteiger partial charge < -0.3 is 5.32 Å². The van der Waals surface area contributed by atoms with Crippen LogP contribution in [0.3, 0.4) is 0 Å². The van der Waals surface area contributed by atoms with Crippen LogP contribution in [0.15, 0.2) is 64.2 Å². The van der Waals surface area contributed by atoms with E-state index in [2.05, 4.69) is 15.3 Å². The van der Waals surface area contributed by atoms with Crippen molar-refractivity contribution in [1.29, 1.82) is 0 Å². The highest BCUT2D eigenvalue weighted by Crippen LogP contribution is 2.21. The van der Waals surface area contributed by atoms with Crippen molar-refractivity contribution < 1.29 is 4.79 Å². The summed E-state index contributed by atoms with van der Waals surface area (Å²) < 4.78 is 1.43. The van der Waals surface area contributed by atoms with E-state index in [1.165, 1.54) is 10.6 Å². The number of rotatable bonds is 5. The molecule has 0 fully saturated rings. The number of benzene rings is 2. The maximum atomic E-state index is 12.9. The molecule has 0 saturated carbocycles. The van der Waals surface area contributed by atoms with Crippen molar-refractivity contribution in [3.05, 3.63) is 103 Å². The van der Waals surface area contributed by atoms with Crippen LogP contribution in [-0.2, 0) is 13.0 Å². The molecular weight excluding hydrogens is 428 g/mol. The molecule has 0 unspecified atom stereocenters. The zero-order chi connectivity index (χ0) is 22.8. The second-order valence-electron chi connectivity index (χ2n) is 7.56. The number of nitrogens with one attached hydrogen (secondary N) is 2. The Morgan fingerprint density at radius 3 is 2.56 bits per heavy atom. The molecule has 0 bridgehead atoms. The fourth-order valence-corrected chi connectivity index (χ4v) is 3.67. The molecule has 0 aliphatic heterocycles. The maximum absolute atomic E-state index is 12.9. The lowest BCUT2D eigenvalue weighted by Crippen LogP contribution is -2.32. The van der Waals surface area contributed by atoms with E-state index < -0.39 is 17.2 Å². The first-order valence-corrected chi connectivity index (χ1v) is 10.5. The molecule has 2 heterocycles. The van der Waals surface area contributed by atoms with E-state index in [9.17, 15) is 14.4 Å². The lowest BCUT2D eigenvalue weighted by molar-refractivity contribution is 0.102. The number of hydrogen-bond acceptors (Lipinski definition) is 4. The fourth-order valence-electron chi connectivity index (χ4n) is 3.49. The molecule has 32 heavy (non-hydrogen) atoms. The largest absolute Gasteiger partial charge is 0.330 e. The first-order chi connectivity index (χ1) is 15.3. The number of aromatic amines is 1. The van der Waals surface area contributed by atoms with E-state index in [0.29, 0.717) is 29.4 Å². The zero-order valence-electron chi connectivity index (χ0n) is 17.6. The summed E-state index contributed by atoms with van der Waals surface area (Å²) in [5.41, 5.74) is 2.28. The third-order valence-electron chi connectivity index (χ3n) is 5.30. The van der Waals surface area contributed by atoms with Crippen LogP contribution in [0.2, 0.25) is 5.02 Å². The van der Waals surface area contributed by atoms with E-state index in [-0.39, 0.29) is 16.6 Å². The summed E-state index contributed by atoms with van der Waals surface area (Å²) in [6, 6.07) is 16.4. The summed E-state index contributed by atoms with van der Waals surface area (Å²) in [6.45, 7) is 3.88. The van der Waals surface area contributed by atoms with Crippen molar-refractivity contribution in [2.75, 3.05) is 5.32 Å². The number of aryl methyl sites for hydroxylation is 4.